The molecule has 0 aromatic heterocycles. The largest absolute Gasteiger partial charge is 0.374 e. The van der Waals surface area contributed by atoms with E-state index in [9.17, 15) is 0 Å². The Morgan fingerprint density at radius 1 is 1.38 bits per heavy atom. The van der Waals surface area contributed by atoms with Crippen molar-refractivity contribution >= 4 is 0 Å². The molecule has 0 heterocycles. The number of hydrogen-bond acceptors (Lipinski definition) is 3. The van der Waals surface area contributed by atoms with Gasteiger partial charge in [0.25, 0.3) is 0 Å². The van der Waals surface area contributed by atoms with Crippen LogP contribution in [-0.4, -0.2) is 18.2 Å². The second-order valence-electron chi connectivity index (χ2n) is 4.42. The molecular formula is C13H28N2O. The van der Waals surface area contributed by atoms with Gasteiger partial charge < -0.3 is 4.74 Å². The van der Waals surface area contributed by atoms with Crippen LogP contribution in [0.15, 0.2) is 12.2 Å². The predicted molar refractivity (Wildman–Crippen MR) is 70.1 cm³/mol. The minimum absolute atomic E-state index is 0.140. The highest BCUT2D eigenvalue weighted by atomic mass is 16.5. The van der Waals surface area contributed by atoms with Crippen LogP contribution in [0.2, 0.25) is 0 Å². The SMILES string of the molecule is C=C(C)CCC(NN)C(CC)(CC)OCC. The highest BCUT2D eigenvalue weighted by molar-refractivity contribution is 4.95. The summed E-state index contributed by atoms with van der Waals surface area (Å²) in [5, 5.41) is 0. The summed E-state index contributed by atoms with van der Waals surface area (Å²) in [5.41, 5.74) is 3.97. The maximum absolute atomic E-state index is 5.94. The highest BCUT2D eigenvalue weighted by Crippen LogP contribution is 2.28. The van der Waals surface area contributed by atoms with Crippen molar-refractivity contribution in [3.8, 4) is 0 Å². The highest BCUT2D eigenvalue weighted by Gasteiger charge is 2.35. The fourth-order valence-corrected chi connectivity index (χ4v) is 2.22. The third kappa shape index (κ3) is 4.24. The lowest BCUT2D eigenvalue weighted by Crippen LogP contribution is -2.54. The van der Waals surface area contributed by atoms with Gasteiger partial charge in [0.1, 0.15) is 0 Å². The monoisotopic (exact) mass is 228 g/mol. The van der Waals surface area contributed by atoms with Crippen LogP contribution in [0.4, 0.5) is 0 Å². The van der Waals surface area contributed by atoms with E-state index in [-0.39, 0.29) is 11.6 Å². The van der Waals surface area contributed by atoms with Crippen LogP contribution < -0.4 is 11.3 Å². The lowest BCUT2D eigenvalue weighted by molar-refractivity contribution is -0.0737. The first-order chi connectivity index (χ1) is 7.56. The van der Waals surface area contributed by atoms with Crippen LogP contribution in [0.5, 0.6) is 0 Å². The van der Waals surface area contributed by atoms with Gasteiger partial charge in [0.2, 0.25) is 0 Å². The summed E-state index contributed by atoms with van der Waals surface area (Å²) in [7, 11) is 0. The van der Waals surface area contributed by atoms with Crippen molar-refractivity contribution in [2.75, 3.05) is 6.61 Å². The fraction of sp³-hybridized carbons (Fsp3) is 0.846. The number of allylic oxidation sites excluding steroid dienone is 1. The van der Waals surface area contributed by atoms with Crippen molar-refractivity contribution in [3.63, 3.8) is 0 Å². The Morgan fingerprint density at radius 2 is 1.94 bits per heavy atom. The topological polar surface area (TPSA) is 47.3 Å². The Labute approximate surface area is 100 Å². The number of rotatable bonds is 9. The van der Waals surface area contributed by atoms with Gasteiger partial charge in [0.15, 0.2) is 0 Å². The minimum Gasteiger partial charge on any atom is -0.374 e. The van der Waals surface area contributed by atoms with Gasteiger partial charge in [0, 0.05) is 6.61 Å². The molecule has 0 spiro atoms. The Balaban J connectivity index is 4.61. The number of ether oxygens (including phenoxy) is 1. The molecular weight excluding hydrogens is 200 g/mol. The molecule has 1 unspecified atom stereocenters. The summed E-state index contributed by atoms with van der Waals surface area (Å²) in [6, 6.07) is 0.194. The van der Waals surface area contributed by atoms with Gasteiger partial charge in [-0.25, -0.2) is 0 Å². The van der Waals surface area contributed by atoms with E-state index in [2.05, 4.69) is 25.9 Å². The molecule has 3 heteroatoms. The zero-order chi connectivity index (χ0) is 12.6. The van der Waals surface area contributed by atoms with E-state index in [1.807, 2.05) is 13.8 Å². The standard InChI is InChI=1S/C13H28N2O/c1-6-13(7-2,16-8-3)12(15-14)10-9-11(4)5/h12,15H,4,6-10,14H2,1-3,5H3. The molecule has 3 nitrogen and oxygen atoms in total. The van der Waals surface area contributed by atoms with Gasteiger partial charge >= 0.3 is 0 Å². The molecule has 0 aromatic carbocycles. The predicted octanol–water partition coefficient (Wildman–Crippen LogP) is 2.77. The van der Waals surface area contributed by atoms with Crippen molar-refractivity contribution in [2.45, 2.75) is 65.0 Å². The molecule has 0 aliphatic rings. The molecule has 0 bridgehead atoms. The van der Waals surface area contributed by atoms with E-state index >= 15 is 0 Å². The molecule has 0 amide bonds. The molecule has 0 fully saturated rings. The van der Waals surface area contributed by atoms with Crippen molar-refractivity contribution in [1.29, 1.82) is 0 Å². The zero-order valence-electron chi connectivity index (χ0n) is 11.3. The number of nitrogens with one attached hydrogen (secondary N) is 1. The summed E-state index contributed by atoms with van der Waals surface area (Å²) in [4.78, 5) is 0. The Hall–Kier alpha value is -0.380. The van der Waals surface area contributed by atoms with Crippen LogP contribution in [0.3, 0.4) is 0 Å². The van der Waals surface area contributed by atoms with Crippen molar-refractivity contribution in [1.82, 2.24) is 5.43 Å². The molecule has 0 radical (unpaired) electrons. The summed E-state index contributed by atoms with van der Waals surface area (Å²) in [6.07, 6.45) is 3.92. The first kappa shape index (κ1) is 15.6. The second kappa shape index (κ2) is 7.82. The van der Waals surface area contributed by atoms with Gasteiger partial charge in [-0.3, -0.25) is 11.3 Å². The first-order valence-electron chi connectivity index (χ1n) is 6.30. The molecule has 16 heavy (non-hydrogen) atoms. The molecule has 96 valence electrons. The number of hydrogen-bond donors (Lipinski definition) is 2. The smallest absolute Gasteiger partial charge is 0.0842 e. The second-order valence-corrected chi connectivity index (χ2v) is 4.42. The van der Waals surface area contributed by atoms with Crippen LogP contribution in [0, 0.1) is 0 Å². The third-order valence-electron chi connectivity index (χ3n) is 3.32. The third-order valence-corrected chi connectivity index (χ3v) is 3.32. The van der Waals surface area contributed by atoms with Crippen LogP contribution >= 0.6 is 0 Å². The average molecular weight is 228 g/mol. The van der Waals surface area contributed by atoms with Crippen molar-refractivity contribution < 1.29 is 4.74 Å². The summed E-state index contributed by atoms with van der Waals surface area (Å²) in [6.45, 7) is 13.1. The van der Waals surface area contributed by atoms with E-state index < -0.39 is 0 Å². The lowest BCUT2D eigenvalue weighted by Gasteiger charge is -2.39. The summed E-state index contributed by atoms with van der Waals surface area (Å²) < 4.78 is 5.94. The summed E-state index contributed by atoms with van der Waals surface area (Å²) in [5.74, 6) is 5.67. The van der Waals surface area contributed by atoms with Crippen LogP contribution in [0.1, 0.15) is 53.4 Å². The van der Waals surface area contributed by atoms with E-state index in [0.29, 0.717) is 0 Å². The Kier molecular flexibility index (Phi) is 7.64. The first-order valence-corrected chi connectivity index (χ1v) is 6.30. The maximum Gasteiger partial charge on any atom is 0.0842 e. The molecule has 0 aromatic rings. The van der Waals surface area contributed by atoms with Crippen molar-refractivity contribution in [2.24, 2.45) is 5.84 Å². The Bertz CT molecular complexity index is 200. The van der Waals surface area contributed by atoms with Crippen LogP contribution in [0.25, 0.3) is 0 Å². The van der Waals surface area contributed by atoms with Gasteiger partial charge in [0.05, 0.1) is 11.6 Å². The average Bonchev–Trinajstić information content (AvgIpc) is 2.27. The van der Waals surface area contributed by atoms with E-state index in [4.69, 9.17) is 10.6 Å². The van der Waals surface area contributed by atoms with Crippen LogP contribution in [-0.2, 0) is 4.74 Å². The lowest BCUT2D eigenvalue weighted by atomic mass is 9.85. The molecule has 0 saturated heterocycles. The number of nitrogens with two attached hydrogens (primary N) is 1. The fourth-order valence-electron chi connectivity index (χ4n) is 2.22. The normalized spacial score (nSPS) is 13.8. The van der Waals surface area contributed by atoms with Gasteiger partial charge in [-0.15, -0.1) is 6.58 Å². The molecule has 0 aliphatic heterocycles. The van der Waals surface area contributed by atoms with E-state index in [1.165, 1.54) is 5.57 Å². The van der Waals surface area contributed by atoms with Gasteiger partial charge in [-0.2, -0.15) is 0 Å². The zero-order valence-corrected chi connectivity index (χ0v) is 11.3. The maximum atomic E-state index is 5.94. The number of hydrazine groups is 1. The molecule has 0 aliphatic carbocycles. The quantitative estimate of drug-likeness (QED) is 0.362. The molecule has 0 saturated carbocycles. The van der Waals surface area contributed by atoms with Gasteiger partial charge in [-0.05, 0) is 39.5 Å². The Morgan fingerprint density at radius 3 is 2.25 bits per heavy atom. The summed E-state index contributed by atoms with van der Waals surface area (Å²) >= 11 is 0. The molecule has 0 rings (SSSR count). The molecule has 1 atom stereocenters. The molecule has 3 N–H and O–H groups in total. The van der Waals surface area contributed by atoms with E-state index in [1.54, 1.807) is 0 Å². The minimum atomic E-state index is -0.140. The van der Waals surface area contributed by atoms with Crippen molar-refractivity contribution in [3.05, 3.63) is 12.2 Å². The van der Waals surface area contributed by atoms with E-state index in [0.717, 1.165) is 32.3 Å². The van der Waals surface area contributed by atoms with Gasteiger partial charge in [-0.1, -0.05) is 19.4 Å².